The Hall–Kier alpha value is -0.910. The molecule has 1 aromatic rings. The Morgan fingerprint density at radius 3 is 2.94 bits per heavy atom. The van der Waals surface area contributed by atoms with E-state index in [-0.39, 0.29) is 18.1 Å². The first kappa shape index (κ1) is 13.5. The molecule has 4 nitrogen and oxygen atoms in total. The van der Waals surface area contributed by atoms with Crippen LogP contribution in [0.1, 0.15) is 30.0 Å². The molecule has 1 fully saturated rings. The van der Waals surface area contributed by atoms with Gasteiger partial charge >= 0.3 is 5.97 Å². The van der Waals surface area contributed by atoms with Gasteiger partial charge in [0, 0.05) is 28.4 Å². The molecule has 0 saturated carbocycles. The summed E-state index contributed by atoms with van der Waals surface area (Å²) in [5, 5.41) is 12.3. The van der Waals surface area contributed by atoms with E-state index in [1.165, 1.54) is 4.88 Å². The molecule has 2 rings (SSSR count). The number of ether oxygens (including phenoxy) is 1. The number of aliphatic carboxylic acids is 1. The predicted octanol–water partition coefficient (Wildman–Crippen LogP) is 2.03. The van der Waals surface area contributed by atoms with Gasteiger partial charge in [-0.15, -0.1) is 11.3 Å². The molecule has 0 aliphatic carbocycles. The zero-order valence-corrected chi connectivity index (χ0v) is 11.5. The van der Waals surface area contributed by atoms with Crippen molar-refractivity contribution in [3.8, 4) is 0 Å². The first-order chi connectivity index (χ1) is 8.49. The van der Waals surface area contributed by atoms with Gasteiger partial charge in [0.05, 0.1) is 12.5 Å². The van der Waals surface area contributed by atoms with Gasteiger partial charge in [0.2, 0.25) is 0 Å². The number of carbonyl (C=O) groups is 1. The normalized spacial score (nSPS) is 27.6. The third-order valence-electron chi connectivity index (χ3n) is 3.60. The number of hydrogen-bond acceptors (Lipinski definition) is 4. The summed E-state index contributed by atoms with van der Waals surface area (Å²) in [7, 11) is 0. The van der Waals surface area contributed by atoms with Gasteiger partial charge in [-0.25, -0.2) is 0 Å². The van der Waals surface area contributed by atoms with Crippen molar-refractivity contribution >= 4 is 17.3 Å². The van der Waals surface area contributed by atoms with Gasteiger partial charge in [-0.2, -0.15) is 0 Å². The van der Waals surface area contributed by atoms with Crippen molar-refractivity contribution in [2.75, 3.05) is 6.61 Å². The van der Waals surface area contributed by atoms with E-state index in [1.54, 1.807) is 11.3 Å². The van der Waals surface area contributed by atoms with E-state index in [1.807, 2.05) is 12.1 Å². The Labute approximate surface area is 111 Å². The maximum Gasteiger partial charge on any atom is 0.308 e. The van der Waals surface area contributed by atoms with E-state index in [4.69, 9.17) is 9.84 Å². The average Bonchev–Trinajstić information content (AvgIpc) is 2.85. The Kier molecular flexibility index (Phi) is 4.04. The number of hydrogen-bond donors (Lipinski definition) is 2. The standard InChI is InChI=1S/C13H19NO3S/c1-9-13(2,5-6-17-9)14-8-11-4-3-10(18-11)7-12(15)16/h3-4,9,14H,5-8H2,1-2H3,(H,15,16). The summed E-state index contributed by atoms with van der Waals surface area (Å²) in [6.45, 7) is 5.84. The molecule has 1 aromatic heterocycles. The Morgan fingerprint density at radius 1 is 1.61 bits per heavy atom. The van der Waals surface area contributed by atoms with Gasteiger partial charge in [0.1, 0.15) is 0 Å². The lowest BCUT2D eigenvalue weighted by atomic mass is 9.95. The van der Waals surface area contributed by atoms with Crippen molar-refractivity contribution < 1.29 is 14.6 Å². The molecule has 0 radical (unpaired) electrons. The van der Waals surface area contributed by atoms with Gasteiger partial charge in [0.15, 0.2) is 0 Å². The Balaban J connectivity index is 1.90. The number of carboxylic acid groups (broad SMARTS) is 1. The van der Waals surface area contributed by atoms with E-state index in [2.05, 4.69) is 19.2 Å². The number of carboxylic acids is 1. The van der Waals surface area contributed by atoms with Crippen LogP contribution in [-0.2, 0) is 22.5 Å². The molecule has 18 heavy (non-hydrogen) atoms. The van der Waals surface area contributed by atoms with Crippen LogP contribution in [0.3, 0.4) is 0 Å². The second kappa shape index (κ2) is 5.38. The van der Waals surface area contributed by atoms with Crippen LogP contribution >= 0.6 is 11.3 Å². The molecule has 0 spiro atoms. The highest BCUT2D eigenvalue weighted by Gasteiger charge is 2.36. The van der Waals surface area contributed by atoms with E-state index < -0.39 is 5.97 Å². The molecule has 2 N–H and O–H groups in total. The maximum absolute atomic E-state index is 10.6. The SMILES string of the molecule is CC1OCCC1(C)NCc1ccc(CC(=O)O)s1. The fraction of sp³-hybridized carbons (Fsp3) is 0.615. The third-order valence-corrected chi connectivity index (χ3v) is 4.68. The van der Waals surface area contributed by atoms with Crippen molar-refractivity contribution in [1.29, 1.82) is 0 Å². The van der Waals surface area contributed by atoms with Crippen LogP contribution < -0.4 is 5.32 Å². The summed E-state index contributed by atoms with van der Waals surface area (Å²) in [6.07, 6.45) is 1.35. The predicted molar refractivity (Wildman–Crippen MR) is 70.9 cm³/mol. The van der Waals surface area contributed by atoms with Crippen LogP contribution in [0.25, 0.3) is 0 Å². The minimum Gasteiger partial charge on any atom is -0.481 e. The topological polar surface area (TPSA) is 58.6 Å². The minimum atomic E-state index is -0.777. The second-order valence-electron chi connectivity index (χ2n) is 4.97. The van der Waals surface area contributed by atoms with Crippen LogP contribution in [-0.4, -0.2) is 29.3 Å². The van der Waals surface area contributed by atoms with Crippen molar-refractivity contribution in [2.45, 2.75) is 44.9 Å². The van der Waals surface area contributed by atoms with E-state index in [9.17, 15) is 4.79 Å². The summed E-state index contributed by atoms with van der Waals surface area (Å²) in [4.78, 5) is 12.7. The number of thiophene rings is 1. The van der Waals surface area contributed by atoms with Crippen LogP contribution in [0.4, 0.5) is 0 Å². The molecule has 5 heteroatoms. The molecular weight excluding hydrogens is 250 g/mol. The molecular formula is C13H19NO3S. The number of rotatable bonds is 5. The van der Waals surface area contributed by atoms with Crippen LogP contribution in [0.5, 0.6) is 0 Å². The molecule has 2 unspecified atom stereocenters. The summed E-state index contributed by atoms with van der Waals surface area (Å²) < 4.78 is 5.58. The molecule has 2 atom stereocenters. The highest BCUT2D eigenvalue weighted by molar-refractivity contribution is 7.12. The quantitative estimate of drug-likeness (QED) is 0.858. The minimum absolute atomic E-state index is 0.0248. The molecule has 0 amide bonds. The van der Waals surface area contributed by atoms with Crippen molar-refractivity contribution in [3.05, 3.63) is 21.9 Å². The molecule has 1 aliphatic heterocycles. The Morgan fingerprint density at radius 2 is 2.33 bits per heavy atom. The maximum atomic E-state index is 10.6. The smallest absolute Gasteiger partial charge is 0.308 e. The fourth-order valence-corrected chi connectivity index (χ4v) is 3.07. The fourth-order valence-electron chi connectivity index (χ4n) is 2.12. The van der Waals surface area contributed by atoms with Crippen molar-refractivity contribution in [1.82, 2.24) is 5.32 Å². The monoisotopic (exact) mass is 269 g/mol. The zero-order chi connectivity index (χ0) is 13.2. The van der Waals surface area contributed by atoms with Crippen molar-refractivity contribution in [3.63, 3.8) is 0 Å². The highest BCUT2D eigenvalue weighted by atomic mass is 32.1. The lowest BCUT2D eigenvalue weighted by Gasteiger charge is -2.28. The molecule has 1 saturated heterocycles. The second-order valence-corrected chi connectivity index (χ2v) is 6.23. The van der Waals surface area contributed by atoms with E-state index in [0.29, 0.717) is 0 Å². The van der Waals surface area contributed by atoms with Gasteiger partial charge in [-0.05, 0) is 32.4 Å². The van der Waals surface area contributed by atoms with Gasteiger partial charge in [0.25, 0.3) is 0 Å². The van der Waals surface area contributed by atoms with Crippen molar-refractivity contribution in [2.24, 2.45) is 0 Å². The van der Waals surface area contributed by atoms with Gasteiger partial charge < -0.3 is 15.2 Å². The van der Waals surface area contributed by atoms with Crippen LogP contribution in [0.15, 0.2) is 12.1 Å². The highest BCUT2D eigenvalue weighted by Crippen LogP contribution is 2.26. The molecule has 0 aromatic carbocycles. The number of nitrogens with one attached hydrogen (secondary N) is 1. The van der Waals surface area contributed by atoms with E-state index in [0.717, 1.165) is 24.4 Å². The Bertz CT molecular complexity index is 432. The van der Waals surface area contributed by atoms with Gasteiger partial charge in [-0.3, -0.25) is 4.79 Å². The molecule has 100 valence electrons. The molecule has 0 bridgehead atoms. The first-order valence-corrected chi connectivity index (χ1v) is 6.97. The van der Waals surface area contributed by atoms with E-state index >= 15 is 0 Å². The van der Waals surface area contributed by atoms with Crippen LogP contribution in [0.2, 0.25) is 0 Å². The third kappa shape index (κ3) is 3.10. The first-order valence-electron chi connectivity index (χ1n) is 6.15. The summed E-state index contributed by atoms with van der Waals surface area (Å²) in [5.74, 6) is -0.777. The molecule has 2 heterocycles. The largest absolute Gasteiger partial charge is 0.481 e. The zero-order valence-electron chi connectivity index (χ0n) is 10.7. The average molecular weight is 269 g/mol. The summed E-state index contributed by atoms with van der Waals surface area (Å²) >= 11 is 1.56. The van der Waals surface area contributed by atoms with Gasteiger partial charge in [-0.1, -0.05) is 0 Å². The summed E-state index contributed by atoms with van der Waals surface area (Å²) in [5.41, 5.74) is 0.0248. The van der Waals surface area contributed by atoms with Crippen LogP contribution in [0, 0.1) is 0 Å². The lowest BCUT2D eigenvalue weighted by molar-refractivity contribution is -0.136. The summed E-state index contributed by atoms with van der Waals surface area (Å²) in [6, 6.07) is 3.90. The lowest BCUT2D eigenvalue weighted by Crippen LogP contribution is -2.47. The molecule has 1 aliphatic rings.